The van der Waals surface area contributed by atoms with Crippen LogP contribution >= 0.6 is 0 Å². The van der Waals surface area contributed by atoms with Gasteiger partial charge in [0, 0.05) is 5.97 Å². The summed E-state index contributed by atoms with van der Waals surface area (Å²) >= 11 is 0. The summed E-state index contributed by atoms with van der Waals surface area (Å²) in [6.45, 7) is 9.45. The zero-order valence-corrected chi connectivity index (χ0v) is 15.9. The Bertz CT molecular complexity index is 278. The first-order valence-corrected chi connectivity index (χ1v) is 9.17. The standard InChI is InChI=1S/C12H24O2.C7H16NO/c1-2-3-4-5-6-7-8-9-10-11-12(13)14;1-5-7-8(3,4)9-6-2/h2-11H2,1H3,(H,13,14);5H,1,6-7H2,2-4H3/q;+1/p-1. The van der Waals surface area contributed by atoms with Gasteiger partial charge in [-0.15, -0.1) is 0 Å². The Morgan fingerprint density at radius 3 is 1.87 bits per heavy atom. The zero-order valence-electron chi connectivity index (χ0n) is 15.9. The average Bonchev–Trinajstić information content (AvgIpc) is 2.46. The van der Waals surface area contributed by atoms with Crippen molar-refractivity contribution in [2.45, 2.75) is 78.1 Å². The Morgan fingerprint density at radius 2 is 1.48 bits per heavy atom. The van der Waals surface area contributed by atoms with Crippen LogP contribution in [0, 0.1) is 0 Å². The molecule has 0 bridgehead atoms. The summed E-state index contributed by atoms with van der Waals surface area (Å²) in [6.07, 6.45) is 13.0. The van der Waals surface area contributed by atoms with Crippen molar-refractivity contribution < 1.29 is 19.4 Å². The molecule has 0 rings (SSSR count). The smallest absolute Gasteiger partial charge is 0.127 e. The van der Waals surface area contributed by atoms with Gasteiger partial charge in [-0.3, -0.25) is 0 Å². The van der Waals surface area contributed by atoms with Gasteiger partial charge in [0.05, 0.1) is 14.1 Å². The molecule has 0 spiro atoms. The van der Waals surface area contributed by atoms with Gasteiger partial charge in [-0.25, -0.2) is 4.84 Å². The molecule has 0 fully saturated rings. The molecule has 0 aliphatic heterocycles. The van der Waals surface area contributed by atoms with E-state index < -0.39 is 5.97 Å². The highest BCUT2D eigenvalue weighted by atomic mass is 16.7. The van der Waals surface area contributed by atoms with E-state index >= 15 is 0 Å². The fourth-order valence-corrected chi connectivity index (χ4v) is 2.29. The van der Waals surface area contributed by atoms with E-state index in [1.165, 1.54) is 44.9 Å². The number of nitrogens with zero attached hydrogens (tertiary/aromatic N) is 1. The fourth-order valence-electron chi connectivity index (χ4n) is 2.29. The van der Waals surface area contributed by atoms with E-state index in [0.29, 0.717) is 4.65 Å². The number of carbonyl (C=O) groups excluding carboxylic acids is 1. The van der Waals surface area contributed by atoms with Gasteiger partial charge in [-0.2, -0.15) is 4.65 Å². The topological polar surface area (TPSA) is 49.4 Å². The van der Waals surface area contributed by atoms with Gasteiger partial charge >= 0.3 is 0 Å². The van der Waals surface area contributed by atoms with Gasteiger partial charge in [0.1, 0.15) is 13.2 Å². The highest BCUT2D eigenvalue weighted by Gasteiger charge is 2.11. The fraction of sp³-hybridized carbons (Fsp3) is 0.842. The molecule has 138 valence electrons. The van der Waals surface area contributed by atoms with E-state index in [2.05, 4.69) is 13.5 Å². The summed E-state index contributed by atoms with van der Waals surface area (Å²) in [6, 6.07) is 0. The van der Waals surface area contributed by atoms with Crippen molar-refractivity contribution in [1.82, 2.24) is 0 Å². The summed E-state index contributed by atoms with van der Waals surface area (Å²) in [7, 11) is 4.01. The second kappa shape index (κ2) is 17.5. The number of hydrogen-bond donors (Lipinski definition) is 0. The van der Waals surface area contributed by atoms with Gasteiger partial charge in [-0.1, -0.05) is 64.9 Å². The van der Waals surface area contributed by atoms with Crippen molar-refractivity contribution >= 4 is 5.97 Å². The van der Waals surface area contributed by atoms with Crippen molar-refractivity contribution in [3.8, 4) is 0 Å². The summed E-state index contributed by atoms with van der Waals surface area (Å²) < 4.78 is 0.569. The lowest BCUT2D eigenvalue weighted by Crippen LogP contribution is -2.39. The summed E-state index contributed by atoms with van der Waals surface area (Å²) in [4.78, 5) is 15.4. The van der Waals surface area contributed by atoms with Gasteiger partial charge in [0.15, 0.2) is 0 Å². The maximum absolute atomic E-state index is 10.1. The number of likely N-dealkylation sites (N-methyl/N-ethyl adjacent to an activating group) is 1. The van der Waals surface area contributed by atoms with Crippen molar-refractivity contribution in [3.63, 3.8) is 0 Å². The molecule has 0 aliphatic carbocycles. The lowest BCUT2D eigenvalue weighted by atomic mass is 10.1. The van der Waals surface area contributed by atoms with Crippen LogP contribution in [-0.2, 0) is 9.63 Å². The first-order chi connectivity index (χ1) is 10.9. The predicted molar refractivity (Wildman–Crippen MR) is 95.6 cm³/mol. The minimum atomic E-state index is -0.909. The molecule has 0 aromatic rings. The summed E-state index contributed by atoms with van der Waals surface area (Å²) in [5.41, 5.74) is 0. The molecule has 0 aromatic heterocycles. The van der Waals surface area contributed by atoms with Crippen LogP contribution in [-0.4, -0.2) is 37.9 Å². The maximum atomic E-state index is 10.1. The van der Waals surface area contributed by atoms with E-state index in [4.69, 9.17) is 4.84 Å². The average molecular weight is 330 g/mol. The third-order valence-corrected chi connectivity index (χ3v) is 3.53. The largest absolute Gasteiger partial charge is 0.550 e. The second-order valence-electron chi connectivity index (χ2n) is 6.41. The van der Waals surface area contributed by atoms with Gasteiger partial charge in [-0.05, 0) is 25.8 Å². The number of carboxylic acids is 1. The SMILES string of the molecule is C=CC[N+](C)(C)OCC.CCCCCCCCCCCC(=O)[O-]. The molecule has 0 heterocycles. The summed E-state index contributed by atoms with van der Waals surface area (Å²) in [5, 5.41) is 10.1. The number of hydroxylamine groups is 3. The maximum Gasteiger partial charge on any atom is 0.127 e. The van der Waals surface area contributed by atoms with Crippen LogP contribution in [0.2, 0.25) is 0 Å². The molecule has 0 radical (unpaired) electrons. The monoisotopic (exact) mass is 329 g/mol. The Labute approximate surface area is 144 Å². The number of unbranched alkanes of at least 4 members (excludes halogenated alkanes) is 8. The third kappa shape index (κ3) is 23.5. The molecule has 0 N–H and O–H groups in total. The molecule has 4 nitrogen and oxygen atoms in total. The molecule has 0 saturated heterocycles. The highest BCUT2D eigenvalue weighted by molar-refractivity contribution is 5.63. The van der Waals surface area contributed by atoms with Crippen molar-refractivity contribution in [1.29, 1.82) is 0 Å². The highest BCUT2D eigenvalue weighted by Crippen LogP contribution is 2.10. The third-order valence-electron chi connectivity index (χ3n) is 3.53. The van der Waals surface area contributed by atoms with Gasteiger partial charge in [0.25, 0.3) is 0 Å². The molecule has 0 amide bonds. The normalized spacial score (nSPS) is 10.8. The van der Waals surface area contributed by atoms with Crippen LogP contribution in [0.5, 0.6) is 0 Å². The molecule has 0 atom stereocenters. The Morgan fingerprint density at radius 1 is 1.00 bits per heavy atom. The molecule has 0 saturated carbocycles. The van der Waals surface area contributed by atoms with Crippen molar-refractivity contribution in [2.24, 2.45) is 0 Å². The van der Waals surface area contributed by atoms with E-state index in [1.54, 1.807) is 0 Å². The number of rotatable bonds is 14. The Hall–Kier alpha value is -0.870. The van der Waals surface area contributed by atoms with Crippen molar-refractivity contribution in [3.05, 3.63) is 12.7 Å². The molecule has 4 heteroatoms. The zero-order chi connectivity index (χ0) is 18.0. The van der Waals surface area contributed by atoms with Crippen LogP contribution in [0.1, 0.15) is 78.1 Å². The number of hydrogen-bond acceptors (Lipinski definition) is 3. The first-order valence-electron chi connectivity index (χ1n) is 9.17. The predicted octanol–water partition coefficient (Wildman–Crippen LogP) is 3.86. The molecule has 0 aromatic carbocycles. The molecule has 23 heavy (non-hydrogen) atoms. The minimum Gasteiger partial charge on any atom is -0.550 e. The lowest BCUT2D eigenvalue weighted by Gasteiger charge is -2.24. The van der Waals surface area contributed by atoms with Crippen LogP contribution in [0.25, 0.3) is 0 Å². The molecular weight excluding hydrogens is 290 g/mol. The van der Waals surface area contributed by atoms with Gasteiger partial charge < -0.3 is 9.90 Å². The van der Waals surface area contributed by atoms with E-state index in [-0.39, 0.29) is 6.42 Å². The van der Waals surface area contributed by atoms with Crippen molar-refractivity contribution in [2.75, 3.05) is 27.2 Å². The van der Waals surface area contributed by atoms with Crippen LogP contribution < -0.4 is 5.11 Å². The van der Waals surface area contributed by atoms with E-state index in [9.17, 15) is 9.90 Å². The number of carbonyl (C=O) groups is 1. The van der Waals surface area contributed by atoms with E-state index in [1.807, 2.05) is 27.1 Å². The summed E-state index contributed by atoms with van der Waals surface area (Å²) in [5.74, 6) is -0.909. The number of quaternary nitrogens is 1. The number of carboxylic acid groups (broad SMARTS) is 1. The first kappa shape index (κ1) is 24.4. The van der Waals surface area contributed by atoms with Crippen LogP contribution in [0.3, 0.4) is 0 Å². The molecule has 0 aliphatic rings. The van der Waals surface area contributed by atoms with E-state index in [0.717, 1.165) is 26.0 Å². The number of aliphatic carboxylic acids is 1. The quantitative estimate of drug-likeness (QED) is 0.210. The van der Waals surface area contributed by atoms with Crippen LogP contribution in [0.15, 0.2) is 12.7 Å². The lowest BCUT2D eigenvalue weighted by molar-refractivity contribution is -1.07. The van der Waals surface area contributed by atoms with Gasteiger partial charge in [0.2, 0.25) is 0 Å². The Kier molecular flexibility index (Phi) is 18.5. The van der Waals surface area contributed by atoms with Crippen LogP contribution in [0.4, 0.5) is 0 Å². The second-order valence-corrected chi connectivity index (χ2v) is 6.41. The minimum absolute atomic E-state index is 0.232. The molecular formula is C19H39NO3. The Balaban J connectivity index is 0. The molecule has 0 unspecified atom stereocenters.